The molecular weight excluding hydrogens is 252 g/mol. The molecule has 5 heteroatoms. The number of likely N-dealkylation sites (N-methyl/N-ethyl adjacent to an activating group) is 2. The van der Waals surface area contributed by atoms with Crippen LogP contribution in [0.5, 0.6) is 0 Å². The van der Waals surface area contributed by atoms with Crippen molar-refractivity contribution < 1.29 is 4.79 Å². The zero-order valence-corrected chi connectivity index (χ0v) is 13.3. The summed E-state index contributed by atoms with van der Waals surface area (Å²) < 4.78 is 0. The summed E-state index contributed by atoms with van der Waals surface area (Å²) in [5.41, 5.74) is 0. The second-order valence-electron chi connectivity index (χ2n) is 6.30. The highest BCUT2D eigenvalue weighted by molar-refractivity contribution is 5.78. The molecule has 2 unspecified atom stereocenters. The largest absolute Gasteiger partial charge is 0.339 e. The van der Waals surface area contributed by atoms with Gasteiger partial charge in [0.2, 0.25) is 5.91 Å². The minimum atomic E-state index is 0.313. The van der Waals surface area contributed by atoms with E-state index in [-0.39, 0.29) is 0 Å². The average molecular weight is 282 g/mol. The molecule has 2 aliphatic heterocycles. The first-order valence-corrected chi connectivity index (χ1v) is 7.99. The lowest BCUT2D eigenvalue weighted by Gasteiger charge is -2.40. The van der Waals surface area contributed by atoms with Gasteiger partial charge in [0, 0.05) is 38.3 Å². The van der Waals surface area contributed by atoms with Crippen LogP contribution in [-0.4, -0.2) is 86.1 Å². The molecule has 0 bridgehead atoms. The number of hydrogen-bond donors (Lipinski definition) is 1. The van der Waals surface area contributed by atoms with Crippen LogP contribution in [0, 0.1) is 0 Å². The summed E-state index contributed by atoms with van der Waals surface area (Å²) in [5.74, 6) is 0.313. The van der Waals surface area contributed by atoms with Crippen molar-refractivity contribution in [1.29, 1.82) is 0 Å². The van der Waals surface area contributed by atoms with E-state index in [1.165, 1.54) is 19.3 Å². The highest BCUT2D eigenvalue weighted by atomic mass is 16.2. The maximum absolute atomic E-state index is 12.5. The molecular formula is C15H30N4O. The smallest absolute Gasteiger partial charge is 0.236 e. The van der Waals surface area contributed by atoms with Gasteiger partial charge in [-0.1, -0.05) is 6.42 Å². The van der Waals surface area contributed by atoms with E-state index in [0.29, 0.717) is 24.5 Å². The predicted octanol–water partition coefficient (Wildman–Crippen LogP) is 0.223. The molecule has 2 rings (SSSR count). The van der Waals surface area contributed by atoms with Gasteiger partial charge in [0.1, 0.15) is 0 Å². The maximum Gasteiger partial charge on any atom is 0.236 e. The molecule has 0 radical (unpaired) electrons. The Morgan fingerprint density at radius 1 is 1.20 bits per heavy atom. The summed E-state index contributed by atoms with van der Waals surface area (Å²) >= 11 is 0. The second kappa shape index (κ2) is 7.38. The molecule has 0 saturated carbocycles. The molecule has 116 valence electrons. The van der Waals surface area contributed by atoms with Crippen molar-refractivity contribution in [3.05, 3.63) is 0 Å². The summed E-state index contributed by atoms with van der Waals surface area (Å²) in [4.78, 5) is 19.2. The fraction of sp³-hybridized carbons (Fsp3) is 0.933. The number of likely N-dealkylation sites (tertiary alicyclic amines) is 1. The van der Waals surface area contributed by atoms with Gasteiger partial charge < -0.3 is 15.1 Å². The van der Waals surface area contributed by atoms with E-state index in [4.69, 9.17) is 0 Å². The third-order valence-corrected chi connectivity index (χ3v) is 4.89. The number of carbonyl (C=O) groups excluding carboxylic acids is 1. The molecule has 0 aliphatic carbocycles. The molecule has 0 spiro atoms. The SMILES string of the molecule is CNC(C)C1CCCCN1CC(=O)N1CCN(C)CC1. The Morgan fingerprint density at radius 2 is 1.90 bits per heavy atom. The van der Waals surface area contributed by atoms with Crippen molar-refractivity contribution in [2.45, 2.75) is 38.3 Å². The Labute approximate surface area is 123 Å². The van der Waals surface area contributed by atoms with Crippen LogP contribution in [0.1, 0.15) is 26.2 Å². The van der Waals surface area contributed by atoms with Crippen molar-refractivity contribution in [2.75, 3.05) is 53.4 Å². The number of nitrogens with zero attached hydrogens (tertiary/aromatic N) is 3. The molecule has 1 N–H and O–H groups in total. The standard InChI is InChI=1S/C15H30N4O/c1-13(16-2)14-6-4-5-7-19(14)12-15(20)18-10-8-17(3)9-11-18/h13-14,16H,4-12H2,1-3H3. The molecule has 5 nitrogen and oxygen atoms in total. The number of nitrogens with one attached hydrogen (secondary N) is 1. The molecule has 0 aromatic carbocycles. The first-order valence-electron chi connectivity index (χ1n) is 7.99. The number of piperazine rings is 1. The van der Waals surface area contributed by atoms with Crippen LogP contribution in [0.4, 0.5) is 0 Å². The van der Waals surface area contributed by atoms with E-state index in [0.717, 1.165) is 32.7 Å². The molecule has 0 aromatic heterocycles. The van der Waals surface area contributed by atoms with Gasteiger partial charge >= 0.3 is 0 Å². The lowest BCUT2D eigenvalue weighted by molar-refractivity contribution is -0.135. The van der Waals surface area contributed by atoms with E-state index in [1.54, 1.807) is 0 Å². The van der Waals surface area contributed by atoms with Gasteiger partial charge in [-0.05, 0) is 40.4 Å². The highest BCUT2D eigenvalue weighted by Gasteiger charge is 2.29. The van der Waals surface area contributed by atoms with Gasteiger partial charge in [-0.3, -0.25) is 9.69 Å². The Hall–Kier alpha value is -0.650. The number of piperidine rings is 1. The maximum atomic E-state index is 12.5. The van der Waals surface area contributed by atoms with Gasteiger partial charge in [0.05, 0.1) is 6.54 Å². The van der Waals surface area contributed by atoms with Crippen molar-refractivity contribution in [1.82, 2.24) is 20.0 Å². The lowest BCUT2D eigenvalue weighted by atomic mass is 9.96. The van der Waals surface area contributed by atoms with Crippen molar-refractivity contribution >= 4 is 5.91 Å². The van der Waals surface area contributed by atoms with Gasteiger partial charge in [0.25, 0.3) is 0 Å². The first-order chi connectivity index (χ1) is 9.61. The van der Waals surface area contributed by atoms with Crippen LogP contribution in [-0.2, 0) is 4.79 Å². The number of amides is 1. The lowest BCUT2D eigenvalue weighted by Crippen LogP contribution is -2.55. The average Bonchev–Trinajstić information content (AvgIpc) is 2.47. The number of hydrogen-bond acceptors (Lipinski definition) is 4. The Balaban J connectivity index is 1.88. The van der Waals surface area contributed by atoms with E-state index in [1.807, 2.05) is 11.9 Å². The van der Waals surface area contributed by atoms with E-state index in [2.05, 4.69) is 29.1 Å². The van der Waals surface area contributed by atoms with Crippen LogP contribution in [0.15, 0.2) is 0 Å². The summed E-state index contributed by atoms with van der Waals surface area (Å²) in [6.07, 6.45) is 3.72. The first kappa shape index (κ1) is 15.7. The second-order valence-corrected chi connectivity index (χ2v) is 6.30. The van der Waals surface area contributed by atoms with Crippen molar-refractivity contribution in [2.24, 2.45) is 0 Å². The molecule has 20 heavy (non-hydrogen) atoms. The fourth-order valence-electron chi connectivity index (χ4n) is 3.30. The summed E-state index contributed by atoms with van der Waals surface area (Å²) in [6.45, 7) is 7.66. The van der Waals surface area contributed by atoms with Gasteiger partial charge in [0.15, 0.2) is 0 Å². The Kier molecular flexibility index (Phi) is 5.81. The zero-order chi connectivity index (χ0) is 14.5. The Morgan fingerprint density at radius 3 is 2.55 bits per heavy atom. The third-order valence-electron chi connectivity index (χ3n) is 4.89. The monoisotopic (exact) mass is 282 g/mol. The quantitative estimate of drug-likeness (QED) is 0.801. The van der Waals surface area contributed by atoms with Crippen molar-refractivity contribution in [3.8, 4) is 0 Å². The van der Waals surface area contributed by atoms with Gasteiger partial charge in [-0.25, -0.2) is 0 Å². The summed E-state index contributed by atoms with van der Waals surface area (Å²) in [6, 6.07) is 0.959. The molecule has 2 fully saturated rings. The topological polar surface area (TPSA) is 38.8 Å². The van der Waals surface area contributed by atoms with Crippen LogP contribution in [0.3, 0.4) is 0 Å². The third kappa shape index (κ3) is 3.93. The van der Waals surface area contributed by atoms with Crippen LogP contribution >= 0.6 is 0 Å². The predicted molar refractivity (Wildman–Crippen MR) is 81.8 cm³/mol. The minimum Gasteiger partial charge on any atom is -0.339 e. The van der Waals surface area contributed by atoms with Gasteiger partial charge in [-0.15, -0.1) is 0 Å². The van der Waals surface area contributed by atoms with Gasteiger partial charge in [-0.2, -0.15) is 0 Å². The molecule has 1 amide bonds. The minimum absolute atomic E-state index is 0.313. The molecule has 0 aromatic rings. The highest BCUT2D eigenvalue weighted by Crippen LogP contribution is 2.19. The fourth-order valence-corrected chi connectivity index (χ4v) is 3.30. The van der Waals surface area contributed by atoms with Crippen LogP contribution in [0.2, 0.25) is 0 Å². The van der Waals surface area contributed by atoms with E-state index in [9.17, 15) is 4.79 Å². The zero-order valence-electron chi connectivity index (χ0n) is 13.3. The Bertz CT molecular complexity index is 315. The summed E-state index contributed by atoms with van der Waals surface area (Å²) in [7, 11) is 4.14. The van der Waals surface area contributed by atoms with E-state index >= 15 is 0 Å². The van der Waals surface area contributed by atoms with E-state index < -0.39 is 0 Å². The number of carbonyl (C=O) groups is 1. The van der Waals surface area contributed by atoms with Crippen LogP contribution < -0.4 is 5.32 Å². The summed E-state index contributed by atoms with van der Waals surface area (Å²) in [5, 5.41) is 3.35. The molecule has 2 saturated heterocycles. The molecule has 2 atom stereocenters. The van der Waals surface area contributed by atoms with Crippen molar-refractivity contribution in [3.63, 3.8) is 0 Å². The number of rotatable bonds is 4. The molecule has 2 heterocycles. The van der Waals surface area contributed by atoms with Crippen LogP contribution in [0.25, 0.3) is 0 Å². The molecule has 2 aliphatic rings. The normalized spacial score (nSPS) is 27.6.